The third kappa shape index (κ3) is 42.4. The SMILES string of the molecule is CCCCCCCCCCCC/C=C/CCCC(O)C(O)C(CO)NC(=O)C(O)CCCCCCCCCCCCCCCCCCCCCCCCCCCCCCC. The molecule has 1 amide bonds. The Labute approximate surface area is 374 Å². The molecule has 60 heavy (non-hydrogen) atoms. The minimum atomic E-state index is -1.28. The van der Waals surface area contributed by atoms with Crippen LogP contribution in [-0.2, 0) is 4.79 Å². The Hall–Kier alpha value is -0.950. The molecule has 0 saturated carbocycles. The minimum absolute atomic E-state index is 0.369. The molecule has 0 aromatic rings. The van der Waals surface area contributed by atoms with Crippen molar-refractivity contribution in [2.45, 2.75) is 321 Å². The summed E-state index contributed by atoms with van der Waals surface area (Å²) in [5.74, 6) is -0.588. The topological polar surface area (TPSA) is 110 Å². The molecule has 0 aromatic heterocycles. The molecule has 4 atom stereocenters. The van der Waals surface area contributed by atoms with Crippen LogP contribution in [0, 0.1) is 0 Å². The second-order valence-corrected chi connectivity index (χ2v) is 18.9. The molecule has 6 nitrogen and oxygen atoms in total. The first-order valence-corrected chi connectivity index (χ1v) is 27.1. The van der Waals surface area contributed by atoms with Crippen molar-refractivity contribution in [2.24, 2.45) is 0 Å². The van der Waals surface area contributed by atoms with Gasteiger partial charge in [0.05, 0.1) is 18.8 Å². The molecular formula is C54H107NO5. The van der Waals surface area contributed by atoms with Crippen LogP contribution in [0.5, 0.6) is 0 Å². The minimum Gasteiger partial charge on any atom is -0.394 e. The Balaban J connectivity index is 3.58. The highest BCUT2D eigenvalue weighted by molar-refractivity contribution is 5.80. The van der Waals surface area contributed by atoms with Gasteiger partial charge in [-0.2, -0.15) is 0 Å². The van der Waals surface area contributed by atoms with Gasteiger partial charge in [0.2, 0.25) is 5.91 Å². The molecule has 0 aliphatic carbocycles. The van der Waals surface area contributed by atoms with Crippen LogP contribution in [0.2, 0.25) is 0 Å². The first-order valence-electron chi connectivity index (χ1n) is 27.1. The fourth-order valence-corrected chi connectivity index (χ4v) is 8.70. The molecule has 0 spiro atoms. The summed E-state index contributed by atoms with van der Waals surface area (Å²) >= 11 is 0. The van der Waals surface area contributed by atoms with E-state index in [1.165, 1.54) is 231 Å². The molecule has 358 valence electrons. The van der Waals surface area contributed by atoms with Crippen LogP contribution in [0.1, 0.15) is 296 Å². The summed E-state index contributed by atoms with van der Waals surface area (Å²) < 4.78 is 0. The van der Waals surface area contributed by atoms with E-state index in [9.17, 15) is 25.2 Å². The predicted molar refractivity (Wildman–Crippen MR) is 261 cm³/mol. The molecule has 0 aliphatic rings. The zero-order valence-corrected chi connectivity index (χ0v) is 40.5. The Morgan fingerprint density at radius 1 is 0.400 bits per heavy atom. The third-order valence-electron chi connectivity index (χ3n) is 13.0. The fourth-order valence-electron chi connectivity index (χ4n) is 8.70. The van der Waals surface area contributed by atoms with Crippen LogP contribution in [0.4, 0.5) is 0 Å². The number of allylic oxidation sites excluding steroid dienone is 2. The van der Waals surface area contributed by atoms with Gasteiger partial charge >= 0.3 is 0 Å². The molecule has 0 rings (SSSR count). The number of aliphatic hydroxyl groups is 4. The predicted octanol–water partition coefficient (Wildman–Crippen LogP) is 15.3. The van der Waals surface area contributed by atoms with Crippen LogP contribution in [-0.4, -0.2) is 57.3 Å². The molecule has 0 saturated heterocycles. The van der Waals surface area contributed by atoms with Crippen molar-refractivity contribution in [1.82, 2.24) is 5.32 Å². The quantitative estimate of drug-likeness (QED) is 0.0309. The highest BCUT2D eigenvalue weighted by atomic mass is 16.3. The van der Waals surface area contributed by atoms with E-state index in [-0.39, 0.29) is 0 Å². The maximum Gasteiger partial charge on any atom is 0.249 e. The van der Waals surface area contributed by atoms with Gasteiger partial charge in [0, 0.05) is 0 Å². The smallest absolute Gasteiger partial charge is 0.249 e. The molecule has 5 N–H and O–H groups in total. The number of aliphatic hydroxyl groups excluding tert-OH is 4. The van der Waals surface area contributed by atoms with Gasteiger partial charge < -0.3 is 25.7 Å². The Morgan fingerprint density at radius 2 is 0.683 bits per heavy atom. The van der Waals surface area contributed by atoms with Crippen LogP contribution >= 0.6 is 0 Å². The summed E-state index contributed by atoms with van der Waals surface area (Å²) in [4.78, 5) is 12.6. The van der Waals surface area contributed by atoms with Gasteiger partial charge in [-0.3, -0.25) is 4.79 Å². The van der Waals surface area contributed by atoms with Crippen molar-refractivity contribution < 1.29 is 25.2 Å². The van der Waals surface area contributed by atoms with E-state index in [2.05, 4.69) is 31.3 Å². The number of carbonyl (C=O) groups excluding carboxylic acids is 1. The highest BCUT2D eigenvalue weighted by Gasteiger charge is 2.28. The van der Waals surface area contributed by atoms with Crippen molar-refractivity contribution in [2.75, 3.05) is 6.61 Å². The number of rotatable bonds is 50. The number of carbonyl (C=O) groups is 1. The lowest BCUT2D eigenvalue weighted by molar-refractivity contribution is -0.132. The lowest BCUT2D eigenvalue weighted by Gasteiger charge is -2.27. The molecule has 0 bridgehead atoms. The van der Waals surface area contributed by atoms with Crippen molar-refractivity contribution in [3.8, 4) is 0 Å². The van der Waals surface area contributed by atoms with Crippen LogP contribution in [0.25, 0.3) is 0 Å². The Kier molecular flexibility index (Phi) is 48.3. The van der Waals surface area contributed by atoms with Crippen LogP contribution in [0.3, 0.4) is 0 Å². The van der Waals surface area contributed by atoms with Crippen molar-refractivity contribution in [1.29, 1.82) is 0 Å². The fraction of sp³-hybridized carbons (Fsp3) is 0.944. The molecule has 0 aliphatic heterocycles. The van der Waals surface area contributed by atoms with Gasteiger partial charge in [-0.25, -0.2) is 0 Å². The first-order chi connectivity index (χ1) is 29.5. The van der Waals surface area contributed by atoms with Gasteiger partial charge in [-0.05, 0) is 38.5 Å². The van der Waals surface area contributed by atoms with Crippen molar-refractivity contribution in [3.05, 3.63) is 12.2 Å². The van der Waals surface area contributed by atoms with E-state index in [0.29, 0.717) is 12.8 Å². The molecule has 6 heteroatoms. The average molecular weight is 850 g/mol. The lowest BCUT2D eigenvalue weighted by Crippen LogP contribution is -2.53. The molecule has 0 fully saturated rings. The standard InChI is InChI=1S/C54H107NO5/c1-3-5-7-9-11-13-15-17-19-20-21-22-23-24-25-26-27-28-29-30-31-32-34-36-38-40-42-44-46-48-52(58)54(60)55-50(49-56)53(59)51(57)47-45-43-41-39-37-35-33-18-16-14-12-10-8-6-4-2/h39,41,50-53,56-59H,3-38,40,42-49H2,1-2H3,(H,55,60)/b41-39+. The van der Waals surface area contributed by atoms with E-state index in [1.54, 1.807) is 0 Å². The van der Waals surface area contributed by atoms with Gasteiger partial charge in [0.25, 0.3) is 0 Å². The number of amides is 1. The van der Waals surface area contributed by atoms with Crippen LogP contribution in [0.15, 0.2) is 12.2 Å². The second kappa shape index (κ2) is 49.1. The summed E-state index contributed by atoms with van der Waals surface area (Å²) in [7, 11) is 0. The molecular weight excluding hydrogens is 743 g/mol. The third-order valence-corrected chi connectivity index (χ3v) is 13.0. The molecule has 0 radical (unpaired) electrons. The number of nitrogens with one attached hydrogen (secondary N) is 1. The highest BCUT2D eigenvalue weighted by Crippen LogP contribution is 2.18. The van der Waals surface area contributed by atoms with Crippen molar-refractivity contribution >= 4 is 5.91 Å². The van der Waals surface area contributed by atoms with E-state index in [1.807, 2.05) is 0 Å². The Bertz CT molecular complexity index is 867. The first kappa shape index (κ1) is 59.0. The van der Waals surface area contributed by atoms with Gasteiger partial charge in [-0.15, -0.1) is 0 Å². The summed E-state index contributed by atoms with van der Waals surface area (Å²) in [6, 6.07) is -0.998. The largest absolute Gasteiger partial charge is 0.394 e. The maximum absolute atomic E-state index is 12.6. The van der Waals surface area contributed by atoms with Crippen molar-refractivity contribution in [3.63, 3.8) is 0 Å². The summed E-state index contributed by atoms with van der Waals surface area (Å²) in [5, 5.41) is 43.8. The van der Waals surface area contributed by atoms with Crippen LogP contribution < -0.4 is 5.32 Å². The molecule has 4 unspecified atom stereocenters. The zero-order chi connectivity index (χ0) is 43.8. The average Bonchev–Trinajstić information content (AvgIpc) is 3.25. The summed E-state index contributed by atoms with van der Waals surface area (Å²) in [6.07, 6.45) is 57.1. The van der Waals surface area contributed by atoms with Gasteiger partial charge in [0.1, 0.15) is 12.2 Å². The van der Waals surface area contributed by atoms with E-state index < -0.39 is 36.9 Å². The van der Waals surface area contributed by atoms with E-state index >= 15 is 0 Å². The monoisotopic (exact) mass is 850 g/mol. The number of hydrogen-bond acceptors (Lipinski definition) is 5. The molecule has 0 aromatic carbocycles. The maximum atomic E-state index is 12.6. The normalized spacial score (nSPS) is 13.9. The summed E-state index contributed by atoms with van der Waals surface area (Å²) in [6.45, 7) is 4.07. The van der Waals surface area contributed by atoms with E-state index in [0.717, 1.165) is 38.5 Å². The Morgan fingerprint density at radius 3 is 1.00 bits per heavy atom. The second-order valence-electron chi connectivity index (χ2n) is 18.9. The van der Waals surface area contributed by atoms with E-state index in [4.69, 9.17) is 0 Å². The zero-order valence-electron chi connectivity index (χ0n) is 40.5. The lowest BCUT2D eigenvalue weighted by atomic mass is 10.00. The number of unbranched alkanes of at least 4 members (excludes halogenated alkanes) is 39. The van der Waals surface area contributed by atoms with Gasteiger partial charge in [-0.1, -0.05) is 270 Å². The number of hydrogen-bond donors (Lipinski definition) is 5. The summed E-state index contributed by atoms with van der Waals surface area (Å²) in [5.41, 5.74) is 0. The molecule has 0 heterocycles. The van der Waals surface area contributed by atoms with Gasteiger partial charge in [0.15, 0.2) is 0 Å².